The van der Waals surface area contributed by atoms with E-state index in [1.165, 1.54) is 10.7 Å². The number of ether oxygens (including phenoxy) is 1. The highest BCUT2D eigenvalue weighted by Gasteiger charge is 2.51. The number of carboxylic acid groups (broad SMARTS) is 1. The first-order valence-electron chi connectivity index (χ1n) is 9.08. The van der Waals surface area contributed by atoms with Gasteiger partial charge in [-0.3, -0.25) is 10.1 Å². The number of rotatable bonds is 5. The van der Waals surface area contributed by atoms with E-state index < -0.39 is 29.1 Å². The minimum Gasteiger partial charge on any atom is -0.481 e. The monoisotopic (exact) mass is 413 g/mol. The Labute approximate surface area is 169 Å². The van der Waals surface area contributed by atoms with Gasteiger partial charge in [0.05, 0.1) is 24.4 Å². The normalized spacial score (nSPS) is 14.2. The number of benzene rings is 2. The number of carbonyl (C=O) groups is 2. The van der Waals surface area contributed by atoms with Crippen molar-refractivity contribution in [2.75, 3.05) is 12.4 Å². The lowest BCUT2D eigenvalue weighted by Crippen LogP contribution is -2.19. The lowest BCUT2D eigenvalue weighted by Gasteiger charge is -2.13. The van der Waals surface area contributed by atoms with Crippen molar-refractivity contribution in [3.05, 3.63) is 65.9 Å². The van der Waals surface area contributed by atoms with Crippen LogP contribution in [-0.4, -0.2) is 34.1 Å². The number of hydrogen-bond donors (Lipinski definition) is 2. The van der Waals surface area contributed by atoms with E-state index in [1.54, 1.807) is 36.4 Å². The van der Waals surface area contributed by atoms with Gasteiger partial charge in [-0.2, -0.15) is 5.10 Å². The Bertz CT molecular complexity index is 1140. The highest BCUT2D eigenvalue weighted by atomic mass is 19.1. The maximum atomic E-state index is 14.7. The molecule has 7 nitrogen and oxygen atoms in total. The van der Waals surface area contributed by atoms with E-state index in [0.29, 0.717) is 35.2 Å². The van der Waals surface area contributed by atoms with Gasteiger partial charge >= 0.3 is 12.1 Å². The molecule has 1 heterocycles. The summed E-state index contributed by atoms with van der Waals surface area (Å²) in [6.45, 7) is 0. The van der Waals surface area contributed by atoms with Gasteiger partial charge in [0.1, 0.15) is 5.82 Å². The Balaban J connectivity index is 1.62. The summed E-state index contributed by atoms with van der Waals surface area (Å²) in [4.78, 5) is 22.9. The molecule has 0 aliphatic heterocycles. The number of nitrogens with zero attached hydrogens (tertiary/aromatic N) is 2. The van der Waals surface area contributed by atoms with Gasteiger partial charge in [0.25, 0.3) is 0 Å². The summed E-state index contributed by atoms with van der Waals surface area (Å²) in [5, 5.41) is 15.5. The first-order chi connectivity index (χ1) is 14.4. The highest BCUT2D eigenvalue weighted by molar-refractivity contribution is 5.85. The lowest BCUT2D eigenvalue weighted by molar-refractivity contribution is -0.140. The molecule has 0 unspecified atom stereocenters. The van der Waals surface area contributed by atoms with Crippen LogP contribution >= 0.6 is 0 Å². The minimum absolute atomic E-state index is 0.187. The molecule has 0 bridgehead atoms. The van der Waals surface area contributed by atoms with Gasteiger partial charge in [0.2, 0.25) is 0 Å². The van der Waals surface area contributed by atoms with E-state index in [1.807, 2.05) is 0 Å². The predicted molar refractivity (Wildman–Crippen MR) is 103 cm³/mol. The highest BCUT2D eigenvalue weighted by Crippen LogP contribution is 2.49. The third-order valence-corrected chi connectivity index (χ3v) is 5.23. The van der Waals surface area contributed by atoms with Crippen LogP contribution in [0.1, 0.15) is 18.4 Å². The first-order valence-corrected chi connectivity index (χ1v) is 9.08. The average Bonchev–Trinajstić information content (AvgIpc) is 3.48. The molecule has 2 aromatic carbocycles. The van der Waals surface area contributed by atoms with E-state index in [-0.39, 0.29) is 5.82 Å². The molecule has 0 radical (unpaired) electrons. The van der Waals surface area contributed by atoms with Crippen LogP contribution in [0.2, 0.25) is 0 Å². The van der Waals surface area contributed by atoms with Crippen molar-refractivity contribution in [2.45, 2.75) is 18.3 Å². The number of hydrogen-bond acceptors (Lipinski definition) is 4. The van der Waals surface area contributed by atoms with Crippen LogP contribution in [0, 0.1) is 11.6 Å². The van der Waals surface area contributed by atoms with Gasteiger partial charge in [-0.1, -0.05) is 24.3 Å². The molecule has 154 valence electrons. The summed E-state index contributed by atoms with van der Waals surface area (Å²) in [7, 11) is 1.16. The molecule has 0 atom stereocenters. The molecule has 0 saturated heterocycles. The molecule has 4 rings (SSSR count). The van der Waals surface area contributed by atoms with Crippen LogP contribution in [0.15, 0.2) is 48.7 Å². The second-order valence-corrected chi connectivity index (χ2v) is 7.00. The van der Waals surface area contributed by atoms with Gasteiger partial charge in [-0.15, -0.1) is 0 Å². The Kier molecular flexibility index (Phi) is 4.73. The Hall–Kier alpha value is -3.75. The van der Waals surface area contributed by atoms with Crippen LogP contribution in [0.25, 0.3) is 16.8 Å². The quantitative estimate of drug-likeness (QED) is 0.657. The zero-order valence-electron chi connectivity index (χ0n) is 15.9. The zero-order chi connectivity index (χ0) is 21.5. The second-order valence-electron chi connectivity index (χ2n) is 7.00. The van der Waals surface area contributed by atoms with E-state index in [2.05, 4.69) is 15.2 Å². The molecule has 9 heteroatoms. The zero-order valence-corrected chi connectivity index (χ0v) is 15.9. The minimum atomic E-state index is -0.976. The number of aliphatic carboxylic acids is 1. The first kappa shape index (κ1) is 19.6. The molecule has 1 aromatic heterocycles. The average molecular weight is 413 g/mol. The van der Waals surface area contributed by atoms with Crippen LogP contribution in [0.5, 0.6) is 0 Å². The molecule has 1 aliphatic rings. The third kappa shape index (κ3) is 3.28. The molecule has 0 spiro atoms. The van der Waals surface area contributed by atoms with Crippen molar-refractivity contribution in [2.24, 2.45) is 0 Å². The number of nitrogens with one attached hydrogen (secondary N) is 1. The van der Waals surface area contributed by atoms with Gasteiger partial charge in [0, 0.05) is 5.56 Å². The summed E-state index contributed by atoms with van der Waals surface area (Å²) in [5.74, 6) is -2.39. The van der Waals surface area contributed by atoms with E-state index in [0.717, 1.165) is 13.3 Å². The fourth-order valence-electron chi connectivity index (χ4n) is 3.36. The standard InChI is InChI=1S/C21H17F2N3O4/c1-30-20(29)25-18-17(23)11-24-26(18)14-5-2-12(3-6-14)15-7-4-13(10-16(15)22)21(8-9-21)19(27)28/h2-7,10-11H,8-9H2,1H3,(H,25,29)(H,27,28). The number of aromatic nitrogens is 2. The van der Waals surface area contributed by atoms with Crippen molar-refractivity contribution >= 4 is 17.9 Å². The molecule has 1 aliphatic carbocycles. The summed E-state index contributed by atoms with van der Waals surface area (Å²) >= 11 is 0. The van der Waals surface area contributed by atoms with Crippen LogP contribution in [0.4, 0.5) is 19.4 Å². The third-order valence-electron chi connectivity index (χ3n) is 5.23. The number of anilines is 1. The van der Waals surface area contributed by atoms with E-state index in [4.69, 9.17) is 0 Å². The number of amides is 1. The maximum Gasteiger partial charge on any atom is 0.412 e. The van der Waals surface area contributed by atoms with Gasteiger partial charge in [0.15, 0.2) is 11.6 Å². The maximum absolute atomic E-state index is 14.7. The van der Waals surface area contributed by atoms with E-state index in [9.17, 15) is 23.5 Å². The fourth-order valence-corrected chi connectivity index (χ4v) is 3.36. The number of carboxylic acids is 1. The smallest absolute Gasteiger partial charge is 0.412 e. The number of methoxy groups -OCH3 is 1. The van der Waals surface area contributed by atoms with Gasteiger partial charge < -0.3 is 9.84 Å². The largest absolute Gasteiger partial charge is 0.481 e. The molecule has 2 N–H and O–H groups in total. The molecule has 1 amide bonds. The molecule has 3 aromatic rings. The van der Waals surface area contributed by atoms with Crippen molar-refractivity contribution < 1.29 is 28.2 Å². The van der Waals surface area contributed by atoms with Crippen molar-refractivity contribution in [3.8, 4) is 16.8 Å². The lowest BCUT2D eigenvalue weighted by atomic mass is 9.93. The van der Waals surface area contributed by atoms with Crippen molar-refractivity contribution in [1.82, 2.24) is 9.78 Å². The molecule has 1 saturated carbocycles. The Morgan fingerprint density at radius 2 is 1.83 bits per heavy atom. The predicted octanol–water partition coefficient (Wildman–Crippen LogP) is 4.11. The molecule has 1 fully saturated rings. The molecular formula is C21H17F2N3O4. The van der Waals surface area contributed by atoms with Crippen LogP contribution in [0.3, 0.4) is 0 Å². The summed E-state index contributed by atoms with van der Waals surface area (Å²) < 4.78 is 34.3. The summed E-state index contributed by atoms with van der Waals surface area (Å²) in [6.07, 6.45) is 1.11. The summed E-state index contributed by atoms with van der Waals surface area (Å²) in [6, 6.07) is 10.9. The van der Waals surface area contributed by atoms with Gasteiger partial charge in [-0.05, 0) is 42.2 Å². The molecule has 30 heavy (non-hydrogen) atoms. The molecular weight excluding hydrogens is 396 g/mol. The van der Waals surface area contributed by atoms with Crippen molar-refractivity contribution in [3.63, 3.8) is 0 Å². The number of halogens is 2. The van der Waals surface area contributed by atoms with Crippen molar-refractivity contribution in [1.29, 1.82) is 0 Å². The Morgan fingerprint density at radius 3 is 2.40 bits per heavy atom. The Morgan fingerprint density at radius 1 is 1.13 bits per heavy atom. The topological polar surface area (TPSA) is 93.5 Å². The fraction of sp³-hybridized carbons (Fsp3) is 0.190. The summed E-state index contributed by atoms with van der Waals surface area (Å²) in [5.41, 5.74) is 0.785. The van der Waals surface area contributed by atoms with Crippen LogP contribution < -0.4 is 5.32 Å². The van der Waals surface area contributed by atoms with Crippen LogP contribution in [-0.2, 0) is 14.9 Å². The van der Waals surface area contributed by atoms with E-state index >= 15 is 0 Å². The second kappa shape index (κ2) is 7.25. The SMILES string of the molecule is COC(=O)Nc1c(F)cnn1-c1ccc(-c2ccc(C3(C(=O)O)CC3)cc2F)cc1. The number of carbonyl (C=O) groups excluding carboxylic acids is 1. The van der Waals surface area contributed by atoms with Gasteiger partial charge in [-0.25, -0.2) is 18.3 Å².